The summed E-state index contributed by atoms with van der Waals surface area (Å²) in [6.45, 7) is 6.39. The maximum absolute atomic E-state index is 5.37. The van der Waals surface area contributed by atoms with Gasteiger partial charge in [0, 0.05) is 45.8 Å². The van der Waals surface area contributed by atoms with Gasteiger partial charge in [0.1, 0.15) is 18.0 Å². The minimum atomic E-state index is 0.824. The van der Waals surface area contributed by atoms with Gasteiger partial charge in [-0.2, -0.15) is 0 Å². The number of rotatable bonds is 7. The van der Waals surface area contributed by atoms with Crippen LogP contribution in [0.5, 0.6) is 0 Å². The third kappa shape index (κ3) is 4.91. The quantitative estimate of drug-likeness (QED) is 0.838. The van der Waals surface area contributed by atoms with Crippen LogP contribution in [0.3, 0.4) is 0 Å². The van der Waals surface area contributed by atoms with Gasteiger partial charge >= 0.3 is 0 Å². The van der Waals surface area contributed by atoms with Crippen LogP contribution in [0, 0.1) is 0 Å². The second-order valence-electron chi connectivity index (χ2n) is 5.98. The normalized spacial score (nSPS) is 15.2. The van der Waals surface area contributed by atoms with E-state index in [4.69, 9.17) is 4.74 Å². The molecule has 1 aliphatic heterocycles. The molecule has 3 rings (SSSR count). The lowest BCUT2D eigenvalue weighted by Crippen LogP contribution is -2.39. The summed E-state index contributed by atoms with van der Waals surface area (Å²) in [6.07, 6.45) is 1.62. The van der Waals surface area contributed by atoms with Crippen molar-refractivity contribution < 1.29 is 4.74 Å². The van der Waals surface area contributed by atoms with Crippen LogP contribution in [0.25, 0.3) is 0 Å². The highest BCUT2D eigenvalue weighted by atomic mass is 16.5. The van der Waals surface area contributed by atoms with Gasteiger partial charge in [0.2, 0.25) is 0 Å². The standard InChI is InChI=1S/C18H25N5O/c1-22(14-16-5-3-2-4-6-16)18-13-17(20-15-21-18)19-7-8-23-9-11-24-12-10-23/h2-6,13,15H,7-12,14H2,1H3,(H,19,20,21). The maximum atomic E-state index is 5.37. The first-order valence-electron chi connectivity index (χ1n) is 8.42. The Kier molecular flexibility index (Phi) is 5.98. The molecule has 1 N–H and O–H groups in total. The third-order valence-electron chi connectivity index (χ3n) is 4.14. The summed E-state index contributed by atoms with van der Waals surface area (Å²) >= 11 is 0. The molecular formula is C18H25N5O. The Labute approximate surface area is 143 Å². The second-order valence-corrected chi connectivity index (χ2v) is 5.98. The van der Waals surface area contributed by atoms with Crippen LogP contribution < -0.4 is 10.2 Å². The van der Waals surface area contributed by atoms with Crippen LogP contribution in [0.1, 0.15) is 5.56 Å². The van der Waals surface area contributed by atoms with Gasteiger partial charge in [-0.1, -0.05) is 30.3 Å². The van der Waals surface area contributed by atoms with Gasteiger partial charge < -0.3 is 15.0 Å². The minimum absolute atomic E-state index is 0.824. The molecule has 0 unspecified atom stereocenters. The number of anilines is 2. The Bertz CT molecular complexity index is 616. The average molecular weight is 327 g/mol. The van der Waals surface area contributed by atoms with Crippen LogP contribution in [0.2, 0.25) is 0 Å². The van der Waals surface area contributed by atoms with Crippen molar-refractivity contribution in [2.24, 2.45) is 0 Å². The molecule has 1 aliphatic rings. The molecule has 0 radical (unpaired) electrons. The van der Waals surface area contributed by atoms with Crippen molar-refractivity contribution in [1.29, 1.82) is 0 Å². The van der Waals surface area contributed by atoms with Crippen molar-refractivity contribution >= 4 is 11.6 Å². The van der Waals surface area contributed by atoms with Crippen molar-refractivity contribution in [3.05, 3.63) is 48.3 Å². The van der Waals surface area contributed by atoms with Crippen molar-refractivity contribution in [3.63, 3.8) is 0 Å². The number of hydrogen-bond donors (Lipinski definition) is 1. The largest absolute Gasteiger partial charge is 0.379 e. The molecule has 128 valence electrons. The van der Waals surface area contributed by atoms with Crippen LogP contribution in [-0.2, 0) is 11.3 Å². The molecule has 0 saturated carbocycles. The van der Waals surface area contributed by atoms with Gasteiger partial charge in [0.15, 0.2) is 0 Å². The molecule has 24 heavy (non-hydrogen) atoms. The van der Waals surface area contributed by atoms with Crippen LogP contribution in [-0.4, -0.2) is 61.3 Å². The van der Waals surface area contributed by atoms with Crippen LogP contribution >= 0.6 is 0 Å². The zero-order valence-electron chi connectivity index (χ0n) is 14.2. The zero-order valence-corrected chi connectivity index (χ0v) is 14.2. The molecule has 0 aliphatic carbocycles. The van der Waals surface area contributed by atoms with Crippen molar-refractivity contribution in [1.82, 2.24) is 14.9 Å². The Morgan fingerprint density at radius 2 is 1.96 bits per heavy atom. The lowest BCUT2D eigenvalue weighted by molar-refractivity contribution is 0.0398. The lowest BCUT2D eigenvalue weighted by atomic mass is 10.2. The predicted molar refractivity (Wildman–Crippen MR) is 96.3 cm³/mol. The predicted octanol–water partition coefficient (Wildman–Crippen LogP) is 1.86. The summed E-state index contributed by atoms with van der Waals surface area (Å²) < 4.78 is 5.37. The highest BCUT2D eigenvalue weighted by Crippen LogP contribution is 2.15. The molecule has 0 atom stereocenters. The molecule has 6 heteroatoms. The van der Waals surface area contributed by atoms with Crippen molar-refractivity contribution in [2.75, 3.05) is 56.7 Å². The molecule has 0 amide bonds. The van der Waals surface area contributed by atoms with E-state index in [0.717, 1.165) is 57.6 Å². The average Bonchev–Trinajstić information content (AvgIpc) is 2.64. The minimum Gasteiger partial charge on any atom is -0.379 e. The van der Waals surface area contributed by atoms with E-state index in [2.05, 4.69) is 49.4 Å². The van der Waals surface area contributed by atoms with Crippen LogP contribution in [0.15, 0.2) is 42.7 Å². The van der Waals surface area contributed by atoms with E-state index < -0.39 is 0 Å². The van der Waals surface area contributed by atoms with Crippen molar-refractivity contribution in [3.8, 4) is 0 Å². The van der Waals surface area contributed by atoms with E-state index in [0.29, 0.717) is 0 Å². The number of ether oxygens (including phenoxy) is 1. The van der Waals surface area contributed by atoms with Crippen LogP contribution in [0.4, 0.5) is 11.6 Å². The third-order valence-corrected chi connectivity index (χ3v) is 4.14. The molecule has 1 aromatic heterocycles. The Morgan fingerprint density at radius 3 is 2.75 bits per heavy atom. The maximum Gasteiger partial charge on any atom is 0.134 e. The number of benzene rings is 1. The molecule has 0 bridgehead atoms. The summed E-state index contributed by atoms with van der Waals surface area (Å²) in [5.74, 6) is 1.79. The smallest absolute Gasteiger partial charge is 0.134 e. The Hall–Kier alpha value is -2.18. The zero-order chi connectivity index (χ0) is 16.6. The fraction of sp³-hybridized carbons (Fsp3) is 0.444. The van der Waals surface area contributed by atoms with E-state index in [9.17, 15) is 0 Å². The van der Waals surface area contributed by atoms with E-state index in [-0.39, 0.29) is 0 Å². The fourth-order valence-electron chi connectivity index (χ4n) is 2.76. The van der Waals surface area contributed by atoms with Crippen molar-refractivity contribution in [2.45, 2.75) is 6.54 Å². The molecular weight excluding hydrogens is 302 g/mol. The fourth-order valence-corrected chi connectivity index (χ4v) is 2.76. The number of nitrogens with one attached hydrogen (secondary N) is 1. The summed E-state index contributed by atoms with van der Waals surface area (Å²) in [5, 5.41) is 3.39. The van der Waals surface area contributed by atoms with E-state index in [1.54, 1.807) is 6.33 Å². The number of nitrogens with zero attached hydrogens (tertiary/aromatic N) is 4. The van der Waals surface area contributed by atoms with Gasteiger partial charge in [0.05, 0.1) is 13.2 Å². The van der Waals surface area contributed by atoms with Gasteiger partial charge in [-0.15, -0.1) is 0 Å². The summed E-state index contributed by atoms with van der Waals surface area (Å²) in [4.78, 5) is 13.2. The first-order valence-corrected chi connectivity index (χ1v) is 8.42. The molecule has 0 spiro atoms. The Balaban J connectivity index is 1.51. The monoisotopic (exact) mass is 327 g/mol. The lowest BCUT2D eigenvalue weighted by Gasteiger charge is -2.26. The first-order chi connectivity index (χ1) is 11.8. The molecule has 2 aromatic rings. The first kappa shape index (κ1) is 16.7. The number of aromatic nitrogens is 2. The van der Waals surface area contributed by atoms with Gasteiger partial charge in [0.25, 0.3) is 0 Å². The summed E-state index contributed by atoms with van der Waals surface area (Å²) in [6, 6.07) is 12.4. The molecule has 1 fully saturated rings. The molecule has 2 heterocycles. The molecule has 1 aromatic carbocycles. The highest BCUT2D eigenvalue weighted by Gasteiger charge is 2.10. The Morgan fingerprint density at radius 1 is 1.17 bits per heavy atom. The summed E-state index contributed by atoms with van der Waals surface area (Å²) in [7, 11) is 2.05. The number of morpholine rings is 1. The van der Waals surface area contributed by atoms with E-state index in [1.165, 1.54) is 5.56 Å². The van der Waals surface area contributed by atoms with Gasteiger partial charge in [-0.25, -0.2) is 9.97 Å². The second kappa shape index (κ2) is 8.61. The van der Waals surface area contributed by atoms with E-state index >= 15 is 0 Å². The molecule has 1 saturated heterocycles. The van der Waals surface area contributed by atoms with E-state index in [1.807, 2.05) is 19.2 Å². The molecule has 6 nitrogen and oxygen atoms in total. The van der Waals surface area contributed by atoms with Gasteiger partial charge in [-0.3, -0.25) is 4.90 Å². The highest BCUT2D eigenvalue weighted by molar-refractivity contribution is 5.48. The summed E-state index contributed by atoms with van der Waals surface area (Å²) in [5.41, 5.74) is 1.26. The SMILES string of the molecule is CN(Cc1ccccc1)c1cc(NCCN2CCOCC2)ncn1. The topological polar surface area (TPSA) is 53.5 Å². The van der Waals surface area contributed by atoms with Gasteiger partial charge in [-0.05, 0) is 5.56 Å². The number of hydrogen-bond acceptors (Lipinski definition) is 6.